The van der Waals surface area contributed by atoms with Crippen molar-refractivity contribution in [3.05, 3.63) is 0 Å². The Hall–Kier alpha value is -0.610. The monoisotopic (exact) mass is 243 g/mol. The molecule has 102 valence electrons. The van der Waals surface area contributed by atoms with Crippen molar-refractivity contribution in [3.8, 4) is 0 Å². The van der Waals surface area contributed by atoms with Crippen LogP contribution in [0.15, 0.2) is 0 Å². The summed E-state index contributed by atoms with van der Waals surface area (Å²) in [7, 11) is 1.99. The van der Waals surface area contributed by atoms with Gasteiger partial charge in [0, 0.05) is 13.1 Å². The van der Waals surface area contributed by atoms with E-state index in [0.29, 0.717) is 13.1 Å². The number of rotatable bonds is 8. The fraction of sp³-hybridized carbons (Fsp3) is 0.923. The molecule has 4 nitrogen and oxygen atoms in total. The maximum absolute atomic E-state index is 11.9. The molecule has 0 bridgehead atoms. The molecule has 0 spiro atoms. The quantitative estimate of drug-likeness (QED) is 0.696. The molecule has 0 aliphatic carbocycles. The first kappa shape index (κ1) is 16.4. The van der Waals surface area contributed by atoms with E-state index in [0.717, 1.165) is 26.1 Å². The van der Waals surface area contributed by atoms with Crippen LogP contribution >= 0.6 is 0 Å². The van der Waals surface area contributed by atoms with Gasteiger partial charge in [0.2, 0.25) is 5.91 Å². The zero-order chi connectivity index (χ0) is 13.5. The number of carbonyl (C=O) groups excluding carboxylic acids is 1. The van der Waals surface area contributed by atoms with Gasteiger partial charge in [-0.3, -0.25) is 9.69 Å². The first-order valence-electron chi connectivity index (χ1n) is 6.52. The molecule has 17 heavy (non-hydrogen) atoms. The first-order valence-corrected chi connectivity index (χ1v) is 6.52. The van der Waals surface area contributed by atoms with Gasteiger partial charge in [-0.25, -0.2) is 0 Å². The van der Waals surface area contributed by atoms with Crippen LogP contribution in [-0.4, -0.2) is 55.5 Å². The predicted octanol–water partition coefficient (Wildman–Crippen LogP) is 1.16. The van der Waals surface area contributed by atoms with Crippen molar-refractivity contribution in [1.29, 1.82) is 0 Å². The minimum atomic E-state index is 0.159. The molecule has 0 aromatic heterocycles. The molecule has 0 radical (unpaired) electrons. The summed E-state index contributed by atoms with van der Waals surface area (Å²) < 4.78 is 0. The Morgan fingerprint density at radius 1 is 1.24 bits per heavy atom. The van der Waals surface area contributed by atoms with E-state index in [1.165, 1.54) is 0 Å². The molecule has 4 heteroatoms. The van der Waals surface area contributed by atoms with Gasteiger partial charge in [-0.15, -0.1) is 0 Å². The molecule has 0 aliphatic rings. The molecule has 0 atom stereocenters. The Balaban J connectivity index is 4.01. The Morgan fingerprint density at radius 3 is 2.18 bits per heavy atom. The molecule has 2 N–H and O–H groups in total. The highest BCUT2D eigenvalue weighted by atomic mass is 16.2. The number of hydrogen-bond acceptors (Lipinski definition) is 3. The highest BCUT2D eigenvalue weighted by Gasteiger charge is 2.18. The van der Waals surface area contributed by atoms with Crippen molar-refractivity contribution in [2.45, 2.75) is 34.1 Å². The highest BCUT2D eigenvalue weighted by Crippen LogP contribution is 2.17. The molecule has 0 fully saturated rings. The average Bonchev–Trinajstić information content (AvgIpc) is 2.28. The van der Waals surface area contributed by atoms with Crippen LogP contribution in [-0.2, 0) is 4.79 Å². The molecule has 0 unspecified atom stereocenters. The number of hydrogen-bond donors (Lipinski definition) is 1. The molecule has 0 rings (SSSR count). The third kappa shape index (κ3) is 6.64. The van der Waals surface area contributed by atoms with Gasteiger partial charge in [0.25, 0.3) is 0 Å². The lowest BCUT2D eigenvalue weighted by molar-refractivity contribution is -0.131. The van der Waals surface area contributed by atoms with Crippen LogP contribution in [0.25, 0.3) is 0 Å². The number of likely N-dealkylation sites (N-methyl/N-ethyl adjacent to an activating group) is 2. The first-order chi connectivity index (χ1) is 7.86. The molecular weight excluding hydrogens is 214 g/mol. The highest BCUT2D eigenvalue weighted by molar-refractivity contribution is 5.78. The van der Waals surface area contributed by atoms with E-state index in [2.05, 4.69) is 18.7 Å². The molecule has 0 saturated heterocycles. The second-order valence-corrected chi connectivity index (χ2v) is 5.42. The van der Waals surface area contributed by atoms with Crippen LogP contribution in [0, 0.1) is 5.41 Å². The molecule has 0 heterocycles. The van der Waals surface area contributed by atoms with Crippen LogP contribution in [0.3, 0.4) is 0 Å². The summed E-state index contributed by atoms with van der Waals surface area (Å²) in [4.78, 5) is 15.8. The lowest BCUT2D eigenvalue weighted by atomic mass is 9.89. The summed E-state index contributed by atoms with van der Waals surface area (Å²) in [6.07, 6.45) is 1.02. The third-order valence-corrected chi connectivity index (χ3v) is 3.24. The fourth-order valence-electron chi connectivity index (χ4n) is 1.58. The van der Waals surface area contributed by atoms with E-state index in [9.17, 15) is 4.79 Å². The Labute approximate surface area is 106 Å². The Morgan fingerprint density at radius 2 is 1.76 bits per heavy atom. The van der Waals surface area contributed by atoms with E-state index in [1.54, 1.807) is 0 Å². The number of nitrogens with two attached hydrogens (primary N) is 1. The van der Waals surface area contributed by atoms with Crippen LogP contribution < -0.4 is 5.73 Å². The zero-order valence-corrected chi connectivity index (χ0v) is 12.1. The summed E-state index contributed by atoms with van der Waals surface area (Å²) in [5, 5.41) is 0. The van der Waals surface area contributed by atoms with Crippen molar-refractivity contribution >= 4 is 5.91 Å². The SMILES string of the molecule is CCN(CC)C(=O)CN(C)CCC(C)(C)CN. The van der Waals surface area contributed by atoms with E-state index in [4.69, 9.17) is 5.73 Å². The van der Waals surface area contributed by atoms with Gasteiger partial charge >= 0.3 is 0 Å². The summed E-state index contributed by atoms with van der Waals surface area (Å²) in [5.74, 6) is 0.211. The summed E-state index contributed by atoms with van der Waals surface area (Å²) in [6, 6.07) is 0. The summed E-state index contributed by atoms with van der Waals surface area (Å²) in [5.41, 5.74) is 5.85. The van der Waals surface area contributed by atoms with Crippen LogP contribution in [0.4, 0.5) is 0 Å². The smallest absolute Gasteiger partial charge is 0.236 e. The maximum Gasteiger partial charge on any atom is 0.236 e. The number of carbonyl (C=O) groups is 1. The number of amides is 1. The normalized spacial score (nSPS) is 11.9. The fourth-order valence-corrected chi connectivity index (χ4v) is 1.58. The van der Waals surface area contributed by atoms with Gasteiger partial charge in [0.15, 0.2) is 0 Å². The van der Waals surface area contributed by atoms with Gasteiger partial charge < -0.3 is 10.6 Å². The predicted molar refractivity (Wildman–Crippen MR) is 72.9 cm³/mol. The van der Waals surface area contributed by atoms with Crippen LogP contribution in [0.5, 0.6) is 0 Å². The Kier molecular flexibility index (Phi) is 7.39. The van der Waals surface area contributed by atoms with Crippen molar-refractivity contribution in [1.82, 2.24) is 9.80 Å². The lowest BCUT2D eigenvalue weighted by Gasteiger charge is -2.27. The van der Waals surface area contributed by atoms with E-state index in [-0.39, 0.29) is 11.3 Å². The minimum Gasteiger partial charge on any atom is -0.342 e. The second-order valence-electron chi connectivity index (χ2n) is 5.42. The third-order valence-electron chi connectivity index (χ3n) is 3.24. The molecule has 0 saturated carbocycles. The minimum absolute atomic E-state index is 0.159. The van der Waals surface area contributed by atoms with Crippen molar-refractivity contribution < 1.29 is 4.79 Å². The molecular formula is C13H29N3O. The van der Waals surface area contributed by atoms with Gasteiger partial charge in [0.05, 0.1) is 6.54 Å². The lowest BCUT2D eigenvalue weighted by Crippen LogP contribution is -2.40. The number of nitrogens with zero attached hydrogens (tertiary/aromatic N) is 2. The molecule has 0 aromatic rings. The summed E-state index contributed by atoms with van der Waals surface area (Å²) >= 11 is 0. The van der Waals surface area contributed by atoms with Gasteiger partial charge in [-0.1, -0.05) is 13.8 Å². The van der Waals surface area contributed by atoms with Crippen LogP contribution in [0.1, 0.15) is 34.1 Å². The van der Waals surface area contributed by atoms with Crippen LogP contribution in [0.2, 0.25) is 0 Å². The Bertz CT molecular complexity index is 225. The van der Waals surface area contributed by atoms with E-state index in [1.807, 2.05) is 25.8 Å². The topological polar surface area (TPSA) is 49.6 Å². The van der Waals surface area contributed by atoms with Crippen molar-refractivity contribution in [2.75, 3.05) is 39.8 Å². The standard InChI is InChI=1S/C13H29N3O/c1-6-16(7-2)12(17)10-15(5)9-8-13(3,4)11-14/h6-11,14H2,1-5H3. The molecule has 0 aromatic carbocycles. The summed E-state index contributed by atoms with van der Waals surface area (Å²) in [6.45, 7) is 12.0. The largest absolute Gasteiger partial charge is 0.342 e. The van der Waals surface area contributed by atoms with E-state index >= 15 is 0 Å². The van der Waals surface area contributed by atoms with Gasteiger partial charge in [-0.2, -0.15) is 0 Å². The van der Waals surface area contributed by atoms with Gasteiger partial charge in [-0.05, 0) is 45.8 Å². The average molecular weight is 243 g/mol. The van der Waals surface area contributed by atoms with Crippen molar-refractivity contribution in [2.24, 2.45) is 11.1 Å². The maximum atomic E-state index is 11.9. The second kappa shape index (κ2) is 7.67. The van der Waals surface area contributed by atoms with E-state index < -0.39 is 0 Å². The molecule has 1 amide bonds. The van der Waals surface area contributed by atoms with Gasteiger partial charge in [0.1, 0.15) is 0 Å². The molecule has 0 aliphatic heterocycles. The van der Waals surface area contributed by atoms with Crippen molar-refractivity contribution in [3.63, 3.8) is 0 Å². The zero-order valence-electron chi connectivity index (χ0n) is 12.1.